The lowest BCUT2D eigenvalue weighted by Crippen LogP contribution is -2.54. The maximum Gasteiger partial charge on any atom is 0.253 e. The summed E-state index contributed by atoms with van der Waals surface area (Å²) in [5.41, 5.74) is 1.94. The number of methoxy groups -OCH3 is 1. The summed E-state index contributed by atoms with van der Waals surface area (Å²) >= 11 is 0. The van der Waals surface area contributed by atoms with Crippen LogP contribution in [0.4, 0.5) is 0 Å². The summed E-state index contributed by atoms with van der Waals surface area (Å²) in [5.74, 6) is 0.798. The van der Waals surface area contributed by atoms with Gasteiger partial charge < -0.3 is 14.4 Å². The van der Waals surface area contributed by atoms with Gasteiger partial charge in [-0.15, -0.1) is 0 Å². The standard InChI is InChI=1S/C25H32N2O3/c1-26(19-20-7-4-3-5-8-20)22-11-16-30-25(18-22)12-14-27(15-13-25)24(28)21-9-6-10-23(17-21)29-2/h3-10,17,22H,11-16,18-19H2,1-2H3/t22-/m0/s1. The first-order valence-corrected chi connectivity index (χ1v) is 10.9. The van der Waals surface area contributed by atoms with Crippen LogP contribution in [0.3, 0.4) is 0 Å². The van der Waals surface area contributed by atoms with Crippen molar-refractivity contribution in [3.63, 3.8) is 0 Å². The van der Waals surface area contributed by atoms with E-state index in [-0.39, 0.29) is 11.5 Å². The lowest BCUT2D eigenvalue weighted by Gasteiger charge is -2.48. The second kappa shape index (κ2) is 9.19. The molecule has 5 nitrogen and oxygen atoms in total. The van der Waals surface area contributed by atoms with Crippen LogP contribution in [-0.4, -0.2) is 61.2 Å². The van der Waals surface area contributed by atoms with E-state index in [4.69, 9.17) is 9.47 Å². The molecule has 2 heterocycles. The predicted octanol–water partition coefficient (Wildman–Crippen LogP) is 3.98. The molecule has 0 aliphatic carbocycles. The molecule has 1 atom stereocenters. The summed E-state index contributed by atoms with van der Waals surface area (Å²) in [7, 11) is 3.85. The van der Waals surface area contributed by atoms with Crippen LogP contribution in [0.25, 0.3) is 0 Å². The van der Waals surface area contributed by atoms with Crippen molar-refractivity contribution in [3.05, 3.63) is 65.7 Å². The van der Waals surface area contributed by atoms with Gasteiger partial charge in [-0.1, -0.05) is 36.4 Å². The quantitative estimate of drug-likeness (QED) is 0.751. The third-order valence-corrected chi connectivity index (χ3v) is 6.64. The molecule has 2 aliphatic rings. The Hall–Kier alpha value is -2.37. The fraction of sp³-hybridized carbons (Fsp3) is 0.480. The van der Waals surface area contributed by atoms with E-state index in [1.54, 1.807) is 7.11 Å². The van der Waals surface area contributed by atoms with Crippen molar-refractivity contribution in [1.29, 1.82) is 0 Å². The number of carbonyl (C=O) groups excluding carboxylic acids is 1. The van der Waals surface area contributed by atoms with E-state index in [1.807, 2.05) is 29.2 Å². The van der Waals surface area contributed by atoms with E-state index in [2.05, 4.69) is 42.3 Å². The minimum absolute atomic E-state index is 0.0808. The molecule has 2 aliphatic heterocycles. The Kier molecular flexibility index (Phi) is 6.40. The molecule has 0 radical (unpaired) electrons. The number of hydrogen-bond donors (Lipinski definition) is 0. The average molecular weight is 409 g/mol. The maximum atomic E-state index is 12.9. The van der Waals surface area contributed by atoms with Gasteiger partial charge in [0.2, 0.25) is 0 Å². The highest BCUT2D eigenvalue weighted by Crippen LogP contribution is 2.37. The van der Waals surface area contributed by atoms with Crippen molar-refractivity contribution in [3.8, 4) is 5.75 Å². The van der Waals surface area contributed by atoms with Crippen LogP contribution >= 0.6 is 0 Å². The van der Waals surface area contributed by atoms with Gasteiger partial charge in [0.1, 0.15) is 5.75 Å². The van der Waals surface area contributed by atoms with Gasteiger partial charge in [0, 0.05) is 37.8 Å². The van der Waals surface area contributed by atoms with Gasteiger partial charge in [0.05, 0.1) is 12.7 Å². The molecule has 1 amide bonds. The monoisotopic (exact) mass is 408 g/mol. The summed E-state index contributed by atoms with van der Waals surface area (Å²) in [6.07, 6.45) is 3.91. The van der Waals surface area contributed by atoms with Crippen LogP contribution in [-0.2, 0) is 11.3 Å². The predicted molar refractivity (Wildman–Crippen MR) is 118 cm³/mol. The second-order valence-corrected chi connectivity index (χ2v) is 8.60. The lowest BCUT2D eigenvalue weighted by atomic mass is 9.81. The number of rotatable bonds is 5. The molecule has 0 aromatic heterocycles. The zero-order valence-corrected chi connectivity index (χ0v) is 18.0. The maximum absolute atomic E-state index is 12.9. The number of carbonyl (C=O) groups is 1. The first-order valence-electron chi connectivity index (χ1n) is 10.9. The highest BCUT2D eigenvalue weighted by atomic mass is 16.5. The summed E-state index contributed by atoms with van der Waals surface area (Å²) < 4.78 is 11.6. The van der Waals surface area contributed by atoms with Gasteiger partial charge in [0.25, 0.3) is 5.91 Å². The fourth-order valence-corrected chi connectivity index (χ4v) is 4.78. The molecule has 0 saturated carbocycles. The Morgan fingerprint density at radius 2 is 1.93 bits per heavy atom. The van der Waals surface area contributed by atoms with E-state index >= 15 is 0 Å². The van der Waals surface area contributed by atoms with Gasteiger partial charge in [-0.3, -0.25) is 9.69 Å². The molecular weight excluding hydrogens is 376 g/mol. The number of amides is 1. The molecule has 2 fully saturated rings. The topological polar surface area (TPSA) is 42.0 Å². The molecule has 30 heavy (non-hydrogen) atoms. The van der Waals surface area contributed by atoms with Crippen molar-refractivity contribution in [2.24, 2.45) is 0 Å². The Balaban J connectivity index is 1.35. The Labute approximate surface area is 179 Å². The van der Waals surface area contributed by atoms with E-state index in [0.717, 1.165) is 51.9 Å². The Morgan fingerprint density at radius 3 is 2.67 bits per heavy atom. The highest BCUT2D eigenvalue weighted by Gasteiger charge is 2.42. The van der Waals surface area contributed by atoms with Crippen molar-refractivity contribution in [1.82, 2.24) is 9.80 Å². The molecule has 1 spiro atoms. The van der Waals surface area contributed by atoms with E-state index in [9.17, 15) is 4.79 Å². The third kappa shape index (κ3) is 4.68. The first kappa shape index (κ1) is 20.9. The zero-order valence-electron chi connectivity index (χ0n) is 18.0. The molecular formula is C25H32N2O3. The van der Waals surface area contributed by atoms with Crippen LogP contribution in [0.1, 0.15) is 41.6 Å². The fourth-order valence-electron chi connectivity index (χ4n) is 4.78. The molecule has 2 aromatic rings. The SMILES string of the molecule is COc1cccc(C(=O)N2CCC3(CC2)C[C@@H](N(C)Cc2ccccc2)CCO3)c1. The summed E-state index contributed by atoms with van der Waals surface area (Å²) in [6, 6.07) is 18.6. The van der Waals surface area contributed by atoms with Crippen molar-refractivity contribution < 1.29 is 14.3 Å². The van der Waals surface area contributed by atoms with E-state index in [0.29, 0.717) is 17.4 Å². The zero-order chi connectivity index (χ0) is 21.0. The number of likely N-dealkylation sites (tertiary alicyclic amines) is 1. The number of ether oxygens (including phenoxy) is 2. The second-order valence-electron chi connectivity index (χ2n) is 8.60. The van der Waals surface area contributed by atoms with E-state index < -0.39 is 0 Å². The minimum Gasteiger partial charge on any atom is -0.497 e. The molecule has 4 rings (SSSR count). The highest BCUT2D eigenvalue weighted by molar-refractivity contribution is 5.94. The summed E-state index contributed by atoms with van der Waals surface area (Å²) in [5, 5.41) is 0. The number of piperidine rings is 1. The van der Waals surface area contributed by atoms with Crippen molar-refractivity contribution in [2.75, 3.05) is 33.9 Å². The number of hydrogen-bond acceptors (Lipinski definition) is 4. The van der Waals surface area contributed by atoms with Crippen LogP contribution in [0.5, 0.6) is 5.75 Å². The number of benzene rings is 2. The molecule has 5 heteroatoms. The van der Waals surface area contributed by atoms with Gasteiger partial charge in [0.15, 0.2) is 0 Å². The molecule has 0 bridgehead atoms. The summed E-state index contributed by atoms with van der Waals surface area (Å²) in [6.45, 7) is 3.24. The van der Waals surface area contributed by atoms with Crippen LogP contribution < -0.4 is 4.74 Å². The molecule has 160 valence electrons. The van der Waals surface area contributed by atoms with Crippen molar-refractivity contribution >= 4 is 5.91 Å². The Bertz CT molecular complexity index is 846. The molecule has 2 aromatic carbocycles. The first-order chi connectivity index (χ1) is 14.6. The molecule has 2 saturated heterocycles. The molecule has 0 N–H and O–H groups in total. The van der Waals surface area contributed by atoms with Gasteiger partial charge in [-0.2, -0.15) is 0 Å². The van der Waals surface area contributed by atoms with Gasteiger partial charge in [-0.05, 0) is 56.5 Å². The minimum atomic E-state index is -0.0982. The molecule has 0 unspecified atom stereocenters. The van der Waals surface area contributed by atoms with Crippen LogP contribution in [0, 0.1) is 0 Å². The Morgan fingerprint density at radius 1 is 1.17 bits per heavy atom. The van der Waals surface area contributed by atoms with Gasteiger partial charge in [-0.25, -0.2) is 0 Å². The van der Waals surface area contributed by atoms with Crippen LogP contribution in [0.15, 0.2) is 54.6 Å². The number of nitrogens with zero attached hydrogens (tertiary/aromatic N) is 2. The normalized spacial score (nSPS) is 21.0. The van der Waals surface area contributed by atoms with Crippen LogP contribution in [0.2, 0.25) is 0 Å². The largest absolute Gasteiger partial charge is 0.497 e. The lowest BCUT2D eigenvalue weighted by molar-refractivity contribution is -0.128. The average Bonchev–Trinajstić information content (AvgIpc) is 2.80. The summed E-state index contributed by atoms with van der Waals surface area (Å²) in [4.78, 5) is 17.4. The van der Waals surface area contributed by atoms with Crippen molar-refractivity contribution in [2.45, 2.75) is 43.9 Å². The third-order valence-electron chi connectivity index (χ3n) is 6.64. The van der Waals surface area contributed by atoms with E-state index in [1.165, 1.54) is 5.56 Å². The van der Waals surface area contributed by atoms with Gasteiger partial charge >= 0.3 is 0 Å². The smallest absolute Gasteiger partial charge is 0.253 e.